The van der Waals surface area contributed by atoms with E-state index in [0.717, 1.165) is 31.5 Å². The highest BCUT2D eigenvalue weighted by atomic mass is 32.2. The molecule has 5 rings (SSSR count). The Morgan fingerprint density at radius 2 is 1.52 bits per heavy atom. The van der Waals surface area contributed by atoms with Crippen molar-refractivity contribution in [3.8, 4) is 17.2 Å². The van der Waals surface area contributed by atoms with Crippen molar-refractivity contribution in [2.24, 2.45) is 0 Å². The number of hydrogen-bond acceptors (Lipinski definition) is 9. The SMILES string of the molecule is COc1ccccc1NS(=O)(=O)c1cc(NC(=O)/C=C/c2ccc(OS(=O)(=O)c3cc(C)ccc3C)c(OC)c2)ccc1N1CCCC1. The number of carbonyl (C=O) groups excluding carboxylic acids is 1. The molecule has 0 radical (unpaired) electrons. The summed E-state index contributed by atoms with van der Waals surface area (Å²) in [6, 6.07) is 21.1. The van der Waals surface area contributed by atoms with Crippen molar-refractivity contribution in [1.29, 1.82) is 0 Å². The molecule has 11 nitrogen and oxygen atoms in total. The average molecular weight is 692 g/mol. The second-order valence-electron chi connectivity index (χ2n) is 11.2. The number of nitrogens with one attached hydrogen (secondary N) is 2. The first kappa shape index (κ1) is 34.3. The van der Waals surface area contributed by atoms with Crippen LogP contribution in [-0.4, -0.2) is 50.1 Å². The van der Waals surface area contributed by atoms with E-state index < -0.39 is 26.0 Å². The summed E-state index contributed by atoms with van der Waals surface area (Å²) in [5.74, 6) is 0.00859. The highest BCUT2D eigenvalue weighted by Crippen LogP contribution is 2.35. The molecule has 0 atom stereocenters. The van der Waals surface area contributed by atoms with Crippen LogP contribution in [0, 0.1) is 13.8 Å². The number of aryl methyl sites for hydroxylation is 2. The van der Waals surface area contributed by atoms with E-state index in [2.05, 4.69) is 10.0 Å². The van der Waals surface area contributed by atoms with E-state index in [-0.39, 0.29) is 27.0 Å². The molecule has 48 heavy (non-hydrogen) atoms. The Balaban J connectivity index is 1.35. The van der Waals surface area contributed by atoms with E-state index in [0.29, 0.717) is 28.3 Å². The molecule has 4 aromatic rings. The molecule has 0 unspecified atom stereocenters. The third-order valence-corrected chi connectivity index (χ3v) is 10.5. The van der Waals surface area contributed by atoms with E-state index in [1.165, 1.54) is 44.6 Å². The minimum atomic E-state index is -4.14. The lowest BCUT2D eigenvalue weighted by atomic mass is 10.2. The summed E-state index contributed by atoms with van der Waals surface area (Å²) in [5, 5.41) is 2.73. The van der Waals surface area contributed by atoms with Crippen LogP contribution in [0.3, 0.4) is 0 Å². The second-order valence-corrected chi connectivity index (χ2v) is 14.4. The number of anilines is 3. The van der Waals surface area contributed by atoms with Crippen LogP contribution in [0.25, 0.3) is 6.08 Å². The fraction of sp³-hybridized carbons (Fsp3) is 0.229. The first-order chi connectivity index (χ1) is 22.9. The molecule has 0 aliphatic carbocycles. The fourth-order valence-electron chi connectivity index (χ4n) is 5.31. The van der Waals surface area contributed by atoms with Crippen LogP contribution in [0.4, 0.5) is 17.1 Å². The predicted octanol–water partition coefficient (Wildman–Crippen LogP) is 6.14. The molecule has 4 aromatic carbocycles. The Hall–Kier alpha value is -5.01. The van der Waals surface area contributed by atoms with Crippen LogP contribution in [0.15, 0.2) is 94.7 Å². The number of para-hydroxylation sites is 2. The lowest BCUT2D eigenvalue weighted by Gasteiger charge is -2.22. The third kappa shape index (κ3) is 7.92. The minimum absolute atomic E-state index is 0.00595. The van der Waals surface area contributed by atoms with Gasteiger partial charge in [0.25, 0.3) is 10.0 Å². The van der Waals surface area contributed by atoms with Gasteiger partial charge in [0.2, 0.25) is 5.91 Å². The number of methoxy groups -OCH3 is 2. The molecule has 1 heterocycles. The van der Waals surface area contributed by atoms with Crippen LogP contribution >= 0.6 is 0 Å². The Morgan fingerprint density at radius 1 is 0.792 bits per heavy atom. The van der Waals surface area contributed by atoms with Gasteiger partial charge in [0.15, 0.2) is 11.5 Å². The number of rotatable bonds is 12. The van der Waals surface area contributed by atoms with Gasteiger partial charge >= 0.3 is 10.1 Å². The molecule has 1 aliphatic heterocycles. The van der Waals surface area contributed by atoms with Crippen LogP contribution in [0.2, 0.25) is 0 Å². The predicted molar refractivity (Wildman–Crippen MR) is 186 cm³/mol. The number of carbonyl (C=O) groups is 1. The summed E-state index contributed by atoms with van der Waals surface area (Å²) in [6.07, 6.45) is 4.68. The van der Waals surface area contributed by atoms with Gasteiger partial charge in [-0.3, -0.25) is 9.52 Å². The summed E-state index contributed by atoms with van der Waals surface area (Å²) in [7, 11) is -5.38. The monoisotopic (exact) mass is 691 g/mol. The Kier molecular flexibility index (Phi) is 10.3. The smallest absolute Gasteiger partial charge is 0.339 e. The van der Waals surface area contributed by atoms with Gasteiger partial charge in [0, 0.05) is 24.9 Å². The largest absolute Gasteiger partial charge is 0.495 e. The molecule has 1 aliphatic rings. The van der Waals surface area contributed by atoms with Crippen LogP contribution in [0.5, 0.6) is 17.2 Å². The number of benzene rings is 4. The van der Waals surface area contributed by atoms with Gasteiger partial charge in [-0.15, -0.1) is 0 Å². The van der Waals surface area contributed by atoms with Crippen LogP contribution < -0.4 is 28.6 Å². The van der Waals surface area contributed by atoms with Crippen molar-refractivity contribution < 1.29 is 35.3 Å². The van der Waals surface area contributed by atoms with E-state index in [4.69, 9.17) is 13.7 Å². The molecule has 0 bridgehead atoms. The minimum Gasteiger partial charge on any atom is -0.495 e. The first-order valence-electron chi connectivity index (χ1n) is 15.1. The van der Waals surface area contributed by atoms with Gasteiger partial charge in [-0.2, -0.15) is 8.42 Å². The van der Waals surface area contributed by atoms with Gasteiger partial charge in [0.1, 0.15) is 15.5 Å². The molecule has 0 saturated carbocycles. The molecule has 1 saturated heterocycles. The summed E-state index contributed by atoms with van der Waals surface area (Å²) in [5.41, 5.74) is 2.97. The topological polar surface area (TPSA) is 140 Å². The molecule has 1 fully saturated rings. The van der Waals surface area contributed by atoms with E-state index in [1.54, 1.807) is 68.4 Å². The lowest BCUT2D eigenvalue weighted by molar-refractivity contribution is -0.111. The summed E-state index contributed by atoms with van der Waals surface area (Å²) >= 11 is 0. The first-order valence-corrected chi connectivity index (χ1v) is 18.0. The van der Waals surface area contributed by atoms with Crippen molar-refractivity contribution in [2.75, 3.05) is 42.2 Å². The maximum atomic E-state index is 13.7. The number of sulfonamides is 1. The molecule has 0 spiro atoms. The molecule has 13 heteroatoms. The highest BCUT2D eigenvalue weighted by Gasteiger charge is 2.26. The number of amides is 1. The van der Waals surface area contributed by atoms with E-state index in [1.807, 2.05) is 11.0 Å². The zero-order valence-corrected chi connectivity index (χ0v) is 28.7. The summed E-state index contributed by atoms with van der Waals surface area (Å²) in [4.78, 5) is 15.1. The Morgan fingerprint density at radius 3 is 2.25 bits per heavy atom. The van der Waals surface area contributed by atoms with Gasteiger partial charge in [-0.25, -0.2) is 8.42 Å². The zero-order chi connectivity index (χ0) is 34.5. The van der Waals surface area contributed by atoms with Gasteiger partial charge < -0.3 is 23.9 Å². The summed E-state index contributed by atoms with van der Waals surface area (Å²) < 4.78 is 72.2. The Labute approximate surface area is 281 Å². The lowest BCUT2D eigenvalue weighted by Crippen LogP contribution is -2.23. The average Bonchev–Trinajstić information content (AvgIpc) is 3.60. The molecular weight excluding hydrogens is 655 g/mol. The van der Waals surface area contributed by atoms with Crippen LogP contribution in [0.1, 0.15) is 29.5 Å². The normalized spacial score (nSPS) is 13.4. The molecule has 252 valence electrons. The fourth-order valence-corrected chi connectivity index (χ4v) is 7.89. The quantitative estimate of drug-likeness (QED) is 0.132. The van der Waals surface area contributed by atoms with Gasteiger partial charge in [-0.05, 0) is 98.0 Å². The number of nitrogens with zero attached hydrogens (tertiary/aromatic N) is 1. The van der Waals surface area contributed by atoms with Gasteiger partial charge in [-0.1, -0.05) is 30.3 Å². The zero-order valence-electron chi connectivity index (χ0n) is 27.0. The van der Waals surface area contributed by atoms with Crippen molar-refractivity contribution in [3.05, 3.63) is 102 Å². The van der Waals surface area contributed by atoms with Crippen LogP contribution in [-0.2, 0) is 24.9 Å². The van der Waals surface area contributed by atoms with E-state index >= 15 is 0 Å². The summed E-state index contributed by atoms with van der Waals surface area (Å²) in [6.45, 7) is 4.92. The molecule has 0 aromatic heterocycles. The van der Waals surface area contributed by atoms with Crippen molar-refractivity contribution in [1.82, 2.24) is 0 Å². The van der Waals surface area contributed by atoms with Crippen molar-refractivity contribution in [3.63, 3.8) is 0 Å². The standard InChI is InChI=1S/C35H37N3O8S2/c1-24-11-12-25(2)33(21-24)48(42,43)46-31-17-13-26(22-32(31)45-4)14-18-35(39)36-27-15-16-29(38-19-7-8-20-38)34(23-27)47(40,41)37-28-9-5-6-10-30(28)44-3/h5-6,9-18,21-23,37H,7-8,19-20H2,1-4H3,(H,36,39)/b18-14+. The third-order valence-electron chi connectivity index (χ3n) is 7.74. The molecule has 1 amide bonds. The molecular formula is C35H37N3O8S2. The maximum Gasteiger partial charge on any atom is 0.339 e. The maximum absolute atomic E-state index is 13.7. The van der Waals surface area contributed by atoms with Crippen molar-refractivity contribution >= 4 is 49.2 Å². The van der Waals surface area contributed by atoms with Crippen molar-refractivity contribution in [2.45, 2.75) is 36.5 Å². The number of hydrogen-bond donors (Lipinski definition) is 2. The van der Waals surface area contributed by atoms with Gasteiger partial charge in [0.05, 0.1) is 25.6 Å². The van der Waals surface area contributed by atoms with E-state index in [9.17, 15) is 21.6 Å². The Bertz CT molecular complexity index is 2070. The number of ether oxygens (including phenoxy) is 2. The highest BCUT2D eigenvalue weighted by molar-refractivity contribution is 7.93. The molecule has 2 N–H and O–H groups in total. The second kappa shape index (κ2) is 14.4.